The van der Waals surface area contributed by atoms with Gasteiger partial charge in [0.15, 0.2) is 11.5 Å². The summed E-state index contributed by atoms with van der Waals surface area (Å²) in [5.41, 5.74) is 0.329. The van der Waals surface area contributed by atoms with Crippen molar-refractivity contribution in [2.45, 2.75) is 44.7 Å². The summed E-state index contributed by atoms with van der Waals surface area (Å²) >= 11 is 0. The number of carbonyl (C=O) groups is 1. The van der Waals surface area contributed by atoms with Gasteiger partial charge < -0.3 is 14.6 Å². The van der Waals surface area contributed by atoms with Crippen LogP contribution in [-0.4, -0.2) is 34.9 Å². The van der Waals surface area contributed by atoms with E-state index < -0.39 is 11.5 Å². The van der Waals surface area contributed by atoms with Crippen LogP contribution in [0.3, 0.4) is 0 Å². The van der Waals surface area contributed by atoms with E-state index >= 15 is 0 Å². The molecule has 5 heteroatoms. The summed E-state index contributed by atoms with van der Waals surface area (Å²) in [7, 11) is 0. The fourth-order valence-corrected chi connectivity index (χ4v) is 3.58. The van der Waals surface area contributed by atoms with Gasteiger partial charge in [0.1, 0.15) is 5.54 Å². The second kappa shape index (κ2) is 5.22. The first-order valence-electron chi connectivity index (χ1n) is 7.48. The van der Waals surface area contributed by atoms with Gasteiger partial charge in [-0.25, -0.2) is 0 Å². The summed E-state index contributed by atoms with van der Waals surface area (Å²) < 4.78 is 10.7. The fraction of sp³-hybridized carbons (Fsp3) is 0.562. The molecule has 1 N–H and O–H groups in total. The second-order valence-corrected chi connectivity index (χ2v) is 5.78. The molecule has 2 atom stereocenters. The third kappa shape index (κ3) is 2.16. The number of likely N-dealkylation sites (tertiary alicyclic amines) is 1. The lowest BCUT2D eigenvalue weighted by atomic mass is 9.91. The van der Waals surface area contributed by atoms with Crippen molar-refractivity contribution < 1.29 is 19.4 Å². The van der Waals surface area contributed by atoms with E-state index in [1.165, 1.54) is 0 Å². The van der Waals surface area contributed by atoms with Crippen LogP contribution in [-0.2, 0) is 4.79 Å². The number of hydrogen-bond donors (Lipinski definition) is 1. The minimum absolute atomic E-state index is 0.0399. The molecular weight excluding hydrogens is 270 g/mol. The van der Waals surface area contributed by atoms with Crippen molar-refractivity contribution in [2.24, 2.45) is 0 Å². The summed E-state index contributed by atoms with van der Waals surface area (Å²) in [5.74, 6) is 0.790. The van der Waals surface area contributed by atoms with Gasteiger partial charge in [0.25, 0.3) is 0 Å². The van der Waals surface area contributed by atoms with Gasteiger partial charge in [0, 0.05) is 6.04 Å². The number of rotatable bonds is 4. The molecule has 1 aromatic rings. The first-order valence-corrected chi connectivity index (χ1v) is 7.48. The van der Waals surface area contributed by atoms with E-state index in [0.717, 1.165) is 30.0 Å². The van der Waals surface area contributed by atoms with Gasteiger partial charge in [0.2, 0.25) is 6.79 Å². The smallest absolute Gasteiger partial charge is 0.324 e. The van der Waals surface area contributed by atoms with Gasteiger partial charge in [-0.3, -0.25) is 9.69 Å². The Kier molecular flexibility index (Phi) is 3.53. The van der Waals surface area contributed by atoms with Gasteiger partial charge in [-0.1, -0.05) is 13.0 Å². The zero-order valence-electron chi connectivity index (χ0n) is 12.5. The molecule has 0 saturated carbocycles. The van der Waals surface area contributed by atoms with Crippen LogP contribution in [0.1, 0.15) is 44.7 Å². The number of fused-ring (bicyclic) bond motifs is 1. The number of ether oxygens (including phenoxy) is 2. The SMILES string of the molecule is CCC1(C(=O)O)CCCN1C(C)c1ccc2c(c1)OCO2. The Morgan fingerprint density at radius 2 is 2.19 bits per heavy atom. The van der Waals surface area contributed by atoms with Crippen LogP contribution in [0.5, 0.6) is 11.5 Å². The average molecular weight is 291 g/mol. The monoisotopic (exact) mass is 291 g/mol. The third-order valence-electron chi connectivity index (χ3n) is 4.87. The normalized spacial score (nSPS) is 26.0. The molecule has 21 heavy (non-hydrogen) atoms. The molecular formula is C16H21NO4. The lowest BCUT2D eigenvalue weighted by Gasteiger charge is -2.38. The number of carboxylic acids is 1. The molecule has 0 bridgehead atoms. The molecule has 0 aromatic heterocycles. The van der Waals surface area contributed by atoms with E-state index in [9.17, 15) is 9.90 Å². The molecule has 0 aliphatic carbocycles. The Balaban J connectivity index is 1.90. The number of carboxylic acid groups (broad SMARTS) is 1. The van der Waals surface area contributed by atoms with Crippen LogP contribution < -0.4 is 9.47 Å². The van der Waals surface area contributed by atoms with E-state index in [4.69, 9.17) is 9.47 Å². The van der Waals surface area contributed by atoms with E-state index in [1.54, 1.807) is 0 Å². The van der Waals surface area contributed by atoms with E-state index in [1.807, 2.05) is 25.1 Å². The third-order valence-corrected chi connectivity index (χ3v) is 4.87. The standard InChI is InChI=1S/C16H21NO4/c1-3-16(15(18)19)7-4-8-17(16)11(2)12-5-6-13-14(9-12)21-10-20-13/h5-6,9,11H,3-4,7-8,10H2,1-2H3,(H,18,19). The van der Waals surface area contributed by atoms with Gasteiger partial charge in [-0.05, 0) is 50.4 Å². The van der Waals surface area contributed by atoms with Crippen molar-refractivity contribution in [3.8, 4) is 11.5 Å². The fourth-order valence-electron chi connectivity index (χ4n) is 3.58. The molecule has 2 heterocycles. The summed E-state index contributed by atoms with van der Waals surface area (Å²) in [4.78, 5) is 13.9. The van der Waals surface area contributed by atoms with Crippen molar-refractivity contribution in [3.63, 3.8) is 0 Å². The maximum Gasteiger partial charge on any atom is 0.324 e. The van der Waals surface area contributed by atoms with Crippen LogP contribution in [0, 0.1) is 0 Å². The molecule has 0 radical (unpaired) electrons. The van der Waals surface area contributed by atoms with E-state index in [-0.39, 0.29) is 12.8 Å². The van der Waals surface area contributed by atoms with Crippen molar-refractivity contribution in [3.05, 3.63) is 23.8 Å². The second-order valence-electron chi connectivity index (χ2n) is 5.78. The maximum atomic E-state index is 11.8. The van der Waals surface area contributed by atoms with Crippen molar-refractivity contribution in [1.82, 2.24) is 4.90 Å². The molecule has 1 saturated heterocycles. The first kappa shape index (κ1) is 14.2. The van der Waals surface area contributed by atoms with Gasteiger partial charge in [-0.15, -0.1) is 0 Å². The quantitative estimate of drug-likeness (QED) is 0.924. The molecule has 2 unspecified atom stereocenters. The number of nitrogens with zero attached hydrogens (tertiary/aromatic N) is 1. The van der Waals surface area contributed by atoms with E-state index in [0.29, 0.717) is 12.8 Å². The van der Waals surface area contributed by atoms with E-state index in [2.05, 4.69) is 11.8 Å². The molecule has 2 aliphatic rings. The average Bonchev–Trinajstić information content (AvgIpc) is 3.12. The Hall–Kier alpha value is -1.75. The molecule has 5 nitrogen and oxygen atoms in total. The van der Waals surface area contributed by atoms with Crippen LogP contribution in [0.15, 0.2) is 18.2 Å². The van der Waals surface area contributed by atoms with Crippen LogP contribution in [0.25, 0.3) is 0 Å². The molecule has 1 fully saturated rings. The zero-order valence-corrected chi connectivity index (χ0v) is 12.5. The van der Waals surface area contributed by atoms with Crippen LogP contribution in [0.4, 0.5) is 0 Å². The van der Waals surface area contributed by atoms with Gasteiger partial charge in [0.05, 0.1) is 0 Å². The Morgan fingerprint density at radius 3 is 2.90 bits per heavy atom. The largest absolute Gasteiger partial charge is 0.480 e. The molecule has 2 aliphatic heterocycles. The van der Waals surface area contributed by atoms with Crippen molar-refractivity contribution in [2.75, 3.05) is 13.3 Å². The summed E-state index contributed by atoms with van der Waals surface area (Å²) in [6.45, 7) is 5.09. The molecule has 114 valence electrons. The number of benzene rings is 1. The minimum atomic E-state index is -0.740. The highest BCUT2D eigenvalue weighted by molar-refractivity contribution is 5.79. The molecule has 1 aromatic carbocycles. The lowest BCUT2D eigenvalue weighted by molar-refractivity contribution is -0.151. The number of aliphatic carboxylic acids is 1. The lowest BCUT2D eigenvalue weighted by Crippen LogP contribution is -2.50. The van der Waals surface area contributed by atoms with Crippen LogP contribution in [0.2, 0.25) is 0 Å². The summed E-state index contributed by atoms with van der Waals surface area (Å²) in [5, 5.41) is 9.70. The highest BCUT2D eigenvalue weighted by Gasteiger charge is 2.48. The highest BCUT2D eigenvalue weighted by Crippen LogP contribution is 2.41. The maximum absolute atomic E-state index is 11.8. The highest BCUT2D eigenvalue weighted by atomic mass is 16.7. The molecule has 3 rings (SSSR count). The molecule has 0 amide bonds. The predicted octanol–water partition coefficient (Wildman–Crippen LogP) is 2.81. The van der Waals surface area contributed by atoms with Gasteiger partial charge in [-0.2, -0.15) is 0 Å². The Bertz CT molecular complexity index is 559. The first-order chi connectivity index (χ1) is 10.1. The predicted molar refractivity (Wildman–Crippen MR) is 77.6 cm³/mol. The van der Waals surface area contributed by atoms with Crippen molar-refractivity contribution >= 4 is 5.97 Å². The summed E-state index contributed by atoms with van der Waals surface area (Å²) in [6.07, 6.45) is 2.26. The Morgan fingerprint density at radius 1 is 1.43 bits per heavy atom. The Labute approximate surface area is 124 Å². The summed E-state index contributed by atoms with van der Waals surface area (Å²) in [6, 6.07) is 5.91. The number of hydrogen-bond acceptors (Lipinski definition) is 4. The molecule has 0 spiro atoms. The van der Waals surface area contributed by atoms with Crippen molar-refractivity contribution in [1.29, 1.82) is 0 Å². The topological polar surface area (TPSA) is 59.0 Å². The van der Waals surface area contributed by atoms with Gasteiger partial charge >= 0.3 is 5.97 Å². The van der Waals surface area contributed by atoms with Crippen LogP contribution >= 0.6 is 0 Å². The zero-order chi connectivity index (χ0) is 15.0. The minimum Gasteiger partial charge on any atom is -0.480 e.